The second kappa shape index (κ2) is 10.9. The van der Waals surface area contributed by atoms with Crippen LogP contribution in [0, 0.1) is 0 Å². The SMILES string of the molecule is O=C(NC1(Cc2ccccc2)CCN(CCN(C(=O)O)C(=O)O)CC1)OCc1cncs1. The maximum Gasteiger partial charge on any atom is 0.416 e. The molecule has 0 radical (unpaired) electrons. The summed E-state index contributed by atoms with van der Waals surface area (Å²) in [6.45, 7) is 1.52. The quantitative estimate of drug-likeness (QED) is 0.545. The molecule has 0 aliphatic carbocycles. The number of hydrogen-bond acceptors (Lipinski definition) is 7. The van der Waals surface area contributed by atoms with E-state index in [4.69, 9.17) is 14.9 Å². The van der Waals surface area contributed by atoms with E-state index in [9.17, 15) is 14.4 Å². The molecule has 32 heavy (non-hydrogen) atoms. The highest BCUT2D eigenvalue weighted by molar-refractivity contribution is 7.09. The van der Waals surface area contributed by atoms with Gasteiger partial charge in [-0.2, -0.15) is 0 Å². The summed E-state index contributed by atoms with van der Waals surface area (Å²) in [4.78, 5) is 41.9. The summed E-state index contributed by atoms with van der Waals surface area (Å²) < 4.78 is 5.38. The second-order valence-corrected chi connectivity index (χ2v) is 8.64. The largest absolute Gasteiger partial charge is 0.465 e. The van der Waals surface area contributed by atoms with Gasteiger partial charge in [-0.1, -0.05) is 30.3 Å². The zero-order valence-corrected chi connectivity index (χ0v) is 18.3. The molecule has 1 saturated heterocycles. The number of carbonyl (C=O) groups excluding carboxylic acids is 1. The molecule has 1 aromatic heterocycles. The number of ether oxygens (including phenoxy) is 1. The number of nitrogens with zero attached hydrogens (tertiary/aromatic N) is 3. The molecule has 0 spiro atoms. The van der Waals surface area contributed by atoms with Gasteiger partial charge in [0.25, 0.3) is 0 Å². The number of benzene rings is 1. The van der Waals surface area contributed by atoms with E-state index in [1.807, 2.05) is 35.2 Å². The van der Waals surface area contributed by atoms with Gasteiger partial charge in [-0.25, -0.2) is 19.3 Å². The molecule has 0 bridgehead atoms. The van der Waals surface area contributed by atoms with Gasteiger partial charge in [-0.05, 0) is 24.8 Å². The van der Waals surface area contributed by atoms with Gasteiger partial charge in [0.15, 0.2) is 0 Å². The molecular weight excluding hydrogens is 436 g/mol. The first-order valence-corrected chi connectivity index (χ1v) is 11.1. The minimum absolute atomic E-state index is 0.124. The summed E-state index contributed by atoms with van der Waals surface area (Å²) in [6, 6.07) is 9.86. The van der Waals surface area contributed by atoms with Crippen molar-refractivity contribution in [2.24, 2.45) is 0 Å². The van der Waals surface area contributed by atoms with Crippen molar-refractivity contribution in [3.63, 3.8) is 0 Å². The van der Waals surface area contributed by atoms with Crippen molar-refractivity contribution in [2.45, 2.75) is 31.4 Å². The van der Waals surface area contributed by atoms with Crippen molar-refractivity contribution in [3.05, 3.63) is 52.5 Å². The van der Waals surface area contributed by atoms with Gasteiger partial charge >= 0.3 is 18.3 Å². The summed E-state index contributed by atoms with van der Waals surface area (Å²) >= 11 is 1.41. The van der Waals surface area contributed by atoms with Gasteiger partial charge < -0.3 is 25.2 Å². The monoisotopic (exact) mass is 462 g/mol. The van der Waals surface area contributed by atoms with Crippen molar-refractivity contribution < 1.29 is 29.3 Å². The normalized spacial score (nSPS) is 15.6. The summed E-state index contributed by atoms with van der Waals surface area (Å²) in [5, 5.41) is 21.1. The molecule has 0 saturated carbocycles. The first-order valence-electron chi connectivity index (χ1n) is 10.2. The zero-order chi connectivity index (χ0) is 23.0. The number of carboxylic acid groups (broad SMARTS) is 2. The third-order valence-corrected chi connectivity index (χ3v) is 6.25. The zero-order valence-electron chi connectivity index (χ0n) is 17.5. The summed E-state index contributed by atoms with van der Waals surface area (Å²) in [5.74, 6) is 0. The molecule has 1 aromatic carbocycles. The Labute approximate surface area is 189 Å². The van der Waals surface area contributed by atoms with Gasteiger partial charge in [-0.15, -0.1) is 11.3 Å². The van der Waals surface area contributed by atoms with E-state index in [0.29, 0.717) is 43.8 Å². The molecule has 11 heteroatoms. The summed E-state index contributed by atoms with van der Waals surface area (Å²) in [6.07, 6.45) is 0.0684. The van der Waals surface area contributed by atoms with Crippen LogP contribution in [0.4, 0.5) is 14.4 Å². The van der Waals surface area contributed by atoms with Crippen LogP contribution in [-0.2, 0) is 17.8 Å². The standard InChI is InChI=1S/C21H26N4O6S/c26-18(31-14-17-13-22-15-32-17)23-21(12-16-4-2-1-3-5-16)6-8-24(9-7-21)10-11-25(19(27)28)20(29)30/h1-5,13,15H,6-12,14H2,(H,23,26)(H,27,28)(H,29,30). The molecule has 1 aliphatic rings. The van der Waals surface area contributed by atoms with Gasteiger partial charge in [0.2, 0.25) is 0 Å². The Morgan fingerprint density at radius 2 is 1.84 bits per heavy atom. The van der Waals surface area contributed by atoms with Crippen molar-refractivity contribution in [3.8, 4) is 0 Å². The highest BCUT2D eigenvalue weighted by Gasteiger charge is 2.37. The lowest BCUT2D eigenvalue weighted by Crippen LogP contribution is -2.57. The Balaban J connectivity index is 1.60. The van der Waals surface area contributed by atoms with E-state index in [-0.39, 0.29) is 13.2 Å². The average Bonchev–Trinajstić information content (AvgIpc) is 3.28. The van der Waals surface area contributed by atoms with E-state index >= 15 is 0 Å². The number of carbonyl (C=O) groups is 3. The molecule has 0 atom stereocenters. The number of nitrogens with one attached hydrogen (secondary N) is 1. The lowest BCUT2D eigenvalue weighted by molar-refractivity contribution is 0.0891. The van der Waals surface area contributed by atoms with Crippen molar-refractivity contribution in [2.75, 3.05) is 26.2 Å². The van der Waals surface area contributed by atoms with Gasteiger partial charge in [0.05, 0.1) is 10.4 Å². The van der Waals surface area contributed by atoms with E-state index in [1.54, 1.807) is 11.7 Å². The minimum Gasteiger partial charge on any atom is -0.465 e. The molecule has 3 rings (SSSR count). The Kier molecular flexibility index (Phi) is 8.01. The maximum absolute atomic E-state index is 12.5. The number of hydrogen-bond donors (Lipinski definition) is 3. The number of aromatic nitrogens is 1. The molecule has 0 unspecified atom stereocenters. The topological polar surface area (TPSA) is 132 Å². The van der Waals surface area contributed by atoms with Crippen LogP contribution in [0.3, 0.4) is 0 Å². The van der Waals surface area contributed by atoms with Gasteiger partial charge in [0.1, 0.15) is 6.61 Å². The predicted molar refractivity (Wildman–Crippen MR) is 117 cm³/mol. The lowest BCUT2D eigenvalue weighted by atomic mass is 9.82. The van der Waals surface area contributed by atoms with E-state index in [1.165, 1.54) is 11.3 Å². The van der Waals surface area contributed by atoms with Crippen LogP contribution in [0.25, 0.3) is 0 Å². The first kappa shape index (κ1) is 23.5. The predicted octanol–water partition coefficient (Wildman–Crippen LogP) is 3.10. The Morgan fingerprint density at radius 3 is 2.44 bits per heavy atom. The molecule has 3 N–H and O–H groups in total. The summed E-state index contributed by atoms with van der Waals surface area (Å²) in [7, 11) is 0. The highest BCUT2D eigenvalue weighted by atomic mass is 32.1. The molecule has 1 fully saturated rings. The Bertz CT molecular complexity index is 886. The van der Waals surface area contributed by atoms with E-state index in [2.05, 4.69) is 10.3 Å². The highest BCUT2D eigenvalue weighted by Crippen LogP contribution is 2.27. The van der Waals surface area contributed by atoms with Crippen molar-refractivity contribution >= 4 is 29.6 Å². The van der Waals surface area contributed by atoms with Crippen LogP contribution in [-0.4, -0.2) is 75.0 Å². The average molecular weight is 463 g/mol. The molecular formula is C21H26N4O6S. The fraction of sp³-hybridized carbons (Fsp3) is 0.429. The molecule has 2 heterocycles. The molecule has 1 aliphatic heterocycles. The fourth-order valence-electron chi connectivity index (χ4n) is 3.75. The molecule has 2 aromatic rings. The molecule has 10 nitrogen and oxygen atoms in total. The van der Waals surface area contributed by atoms with Crippen LogP contribution in [0.1, 0.15) is 23.3 Å². The van der Waals surface area contributed by atoms with Crippen molar-refractivity contribution in [1.29, 1.82) is 0 Å². The van der Waals surface area contributed by atoms with Crippen LogP contribution in [0.2, 0.25) is 0 Å². The van der Waals surface area contributed by atoms with Crippen molar-refractivity contribution in [1.82, 2.24) is 20.1 Å². The molecule has 172 valence electrons. The minimum atomic E-state index is -1.49. The van der Waals surface area contributed by atoms with E-state index < -0.39 is 23.8 Å². The maximum atomic E-state index is 12.5. The van der Waals surface area contributed by atoms with Crippen LogP contribution in [0.5, 0.6) is 0 Å². The Morgan fingerprint density at radius 1 is 1.16 bits per heavy atom. The van der Waals surface area contributed by atoms with Gasteiger partial charge in [-0.3, -0.25) is 4.98 Å². The number of likely N-dealkylation sites (tertiary alicyclic amines) is 1. The number of alkyl carbamates (subject to hydrolysis) is 1. The smallest absolute Gasteiger partial charge is 0.416 e. The summed E-state index contributed by atoms with van der Waals surface area (Å²) in [5.41, 5.74) is 2.26. The lowest BCUT2D eigenvalue weighted by Gasteiger charge is -2.42. The Hall–Kier alpha value is -3.18. The third-order valence-electron chi connectivity index (χ3n) is 5.50. The van der Waals surface area contributed by atoms with Gasteiger partial charge in [0, 0.05) is 37.9 Å². The third kappa shape index (κ3) is 6.66. The fourth-order valence-corrected chi connectivity index (χ4v) is 4.26. The van der Waals surface area contributed by atoms with E-state index in [0.717, 1.165) is 10.4 Å². The van der Waals surface area contributed by atoms with Crippen LogP contribution < -0.4 is 5.32 Å². The second-order valence-electron chi connectivity index (χ2n) is 7.67. The number of amides is 3. The number of imide groups is 1. The molecule has 3 amide bonds. The number of piperidine rings is 1. The first-order chi connectivity index (χ1) is 15.4. The number of thiazole rings is 1. The van der Waals surface area contributed by atoms with Crippen LogP contribution >= 0.6 is 11.3 Å². The van der Waals surface area contributed by atoms with Crippen LogP contribution in [0.15, 0.2) is 42.0 Å². The number of rotatable bonds is 8.